The van der Waals surface area contributed by atoms with Crippen LogP contribution in [0.5, 0.6) is 0 Å². The number of rotatable bonds is 13. The molecule has 0 aliphatic heterocycles. The highest BCUT2D eigenvalue weighted by Crippen LogP contribution is 2.07. The standard InChI is InChI=1S/C18H34/c1-3-5-7-9-11-13-15-17-18-16-14-12-10-8-6-4-2/h15,18H,3-14,16H2,1-2H3. The summed E-state index contributed by atoms with van der Waals surface area (Å²) >= 11 is 0. The molecule has 0 rings (SSSR count). The lowest BCUT2D eigenvalue weighted by molar-refractivity contribution is 0.611. The summed E-state index contributed by atoms with van der Waals surface area (Å²) in [5.41, 5.74) is 3.33. The van der Waals surface area contributed by atoms with Gasteiger partial charge in [-0.05, 0) is 37.8 Å². The summed E-state index contributed by atoms with van der Waals surface area (Å²) in [5, 5.41) is 0. The van der Waals surface area contributed by atoms with Gasteiger partial charge in [-0.3, -0.25) is 0 Å². The number of allylic oxidation sites excluding steroid dienone is 1. The summed E-state index contributed by atoms with van der Waals surface area (Å²) in [7, 11) is 0. The van der Waals surface area contributed by atoms with E-state index in [0.717, 1.165) is 0 Å². The van der Waals surface area contributed by atoms with Crippen LogP contribution in [-0.4, -0.2) is 0 Å². The molecule has 0 aliphatic rings. The van der Waals surface area contributed by atoms with Crippen molar-refractivity contribution < 1.29 is 0 Å². The second-order valence-corrected chi connectivity index (χ2v) is 5.33. The molecule has 0 N–H and O–H groups in total. The molecule has 0 saturated carbocycles. The molecule has 0 aromatic carbocycles. The van der Waals surface area contributed by atoms with Gasteiger partial charge in [0.05, 0.1) is 0 Å². The fourth-order valence-electron chi connectivity index (χ4n) is 2.13. The summed E-state index contributed by atoms with van der Waals surface area (Å²) in [6.45, 7) is 4.54. The lowest BCUT2D eigenvalue weighted by atomic mass is 10.1. The molecule has 0 unspecified atom stereocenters. The van der Waals surface area contributed by atoms with Crippen molar-refractivity contribution in [1.82, 2.24) is 0 Å². The zero-order chi connectivity index (χ0) is 13.3. The molecule has 18 heavy (non-hydrogen) atoms. The summed E-state index contributed by atoms with van der Waals surface area (Å²) in [4.78, 5) is 0. The Kier molecular flexibility index (Phi) is 16.1. The van der Waals surface area contributed by atoms with Crippen molar-refractivity contribution in [1.29, 1.82) is 0 Å². The van der Waals surface area contributed by atoms with E-state index in [0.29, 0.717) is 0 Å². The minimum Gasteiger partial charge on any atom is -0.130 e. The van der Waals surface area contributed by atoms with E-state index in [9.17, 15) is 0 Å². The fraction of sp³-hybridized carbons (Fsp3) is 0.833. The van der Waals surface area contributed by atoms with E-state index in [1.54, 1.807) is 0 Å². The molecular weight excluding hydrogens is 216 g/mol. The van der Waals surface area contributed by atoms with Gasteiger partial charge in [-0.1, -0.05) is 71.6 Å². The van der Waals surface area contributed by atoms with Crippen molar-refractivity contribution in [2.24, 2.45) is 0 Å². The largest absolute Gasteiger partial charge is 0.130 e. The monoisotopic (exact) mass is 250 g/mol. The Labute approximate surface area is 116 Å². The number of hydrogen-bond acceptors (Lipinski definition) is 0. The average Bonchev–Trinajstić information content (AvgIpc) is 2.39. The summed E-state index contributed by atoms with van der Waals surface area (Å²) in [5.74, 6) is 0. The molecular formula is C18H34. The van der Waals surface area contributed by atoms with E-state index in [2.05, 4.69) is 31.7 Å². The first-order valence-corrected chi connectivity index (χ1v) is 8.31. The van der Waals surface area contributed by atoms with E-state index in [1.807, 2.05) is 0 Å². The van der Waals surface area contributed by atoms with E-state index in [4.69, 9.17) is 0 Å². The van der Waals surface area contributed by atoms with Crippen LogP contribution >= 0.6 is 0 Å². The zero-order valence-electron chi connectivity index (χ0n) is 12.8. The van der Waals surface area contributed by atoms with Crippen molar-refractivity contribution >= 4 is 0 Å². The van der Waals surface area contributed by atoms with E-state index in [1.165, 1.54) is 83.5 Å². The Hall–Kier alpha value is -0.480. The van der Waals surface area contributed by atoms with Crippen LogP contribution in [-0.2, 0) is 0 Å². The van der Waals surface area contributed by atoms with Crippen molar-refractivity contribution in [3.8, 4) is 0 Å². The van der Waals surface area contributed by atoms with E-state index in [-0.39, 0.29) is 0 Å². The van der Waals surface area contributed by atoms with Crippen LogP contribution in [0.3, 0.4) is 0 Å². The minimum absolute atomic E-state index is 1.22. The molecule has 0 heterocycles. The van der Waals surface area contributed by atoms with Crippen LogP contribution in [0.15, 0.2) is 17.9 Å². The fourth-order valence-corrected chi connectivity index (χ4v) is 2.13. The Morgan fingerprint density at radius 2 is 0.944 bits per heavy atom. The Morgan fingerprint density at radius 3 is 1.39 bits per heavy atom. The van der Waals surface area contributed by atoms with Gasteiger partial charge < -0.3 is 0 Å². The van der Waals surface area contributed by atoms with E-state index < -0.39 is 0 Å². The molecule has 0 spiro atoms. The maximum absolute atomic E-state index is 3.33. The summed E-state index contributed by atoms with van der Waals surface area (Å²) in [6, 6.07) is 0. The van der Waals surface area contributed by atoms with Crippen LogP contribution in [0.1, 0.15) is 97.3 Å². The summed E-state index contributed by atoms with van der Waals surface area (Å²) in [6.07, 6.45) is 22.1. The van der Waals surface area contributed by atoms with Crippen LogP contribution in [0.25, 0.3) is 0 Å². The molecule has 0 nitrogen and oxygen atoms in total. The average molecular weight is 250 g/mol. The molecule has 0 radical (unpaired) electrons. The molecule has 0 bridgehead atoms. The maximum atomic E-state index is 3.33. The number of hydrogen-bond donors (Lipinski definition) is 0. The second-order valence-electron chi connectivity index (χ2n) is 5.33. The smallest absolute Gasteiger partial charge is 0.0274 e. The van der Waals surface area contributed by atoms with Crippen molar-refractivity contribution in [2.45, 2.75) is 97.3 Å². The van der Waals surface area contributed by atoms with Gasteiger partial charge in [-0.15, -0.1) is 5.73 Å². The van der Waals surface area contributed by atoms with Gasteiger partial charge in [-0.2, -0.15) is 0 Å². The van der Waals surface area contributed by atoms with Crippen molar-refractivity contribution in [2.75, 3.05) is 0 Å². The first-order valence-electron chi connectivity index (χ1n) is 8.31. The van der Waals surface area contributed by atoms with Gasteiger partial charge >= 0.3 is 0 Å². The first-order chi connectivity index (χ1) is 8.91. The molecule has 0 amide bonds. The highest BCUT2D eigenvalue weighted by molar-refractivity contribution is 4.84. The van der Waals surface area contributed by atoms with Gasteiger partial charge in [0, 0.05) is 0 Å². The Morgan fingerprint density at radius 1 is 0.556 bits per heavy atom. The minimum atomic E-state index is 1.22. The molecule has 0 aromatic heterocycles. The molecule has 0 aliphatic carbocycles. The highest BCUT2D eigenvalue weighted by atomic mass is 13.9. The SMILES string of the molecule is CCCCCCCC=C=CCCCCCCCC. The van der Waals surface area contributed by atoms with Gasteiger partial charge in [0.1, 0.15) is 0 Å². The van der Waals surface area contributed by atoms with Gasteiger partial charge in [0.2, 0.25) is 0 Å². The molecule has 0 aromatic rings. The Balaban J connectivity index is 3.15. The third kappa shape index (κ3) is 15.5. The zero-order valence-corrected chi connectivity index (χ0v) is 12.8. The lowest BCUT2D eigenvalue weighted by Gasteiger charge is -1.96. The van der Waals surface area contributed by atoms with Crippen molar-refractivity contribution in [3.63, 3.8) is 0 Å². The molecule has 0 heteroatoms. The normalized spacial score (nSPS) is 10.1. The quantitative estimate of drug-likeness (QED) is 0.249. The molecule has 0 atom stereocenters. The predicted octanol–water partition coefficient (Wildman–Crippen LogP) is 6.81. The van der Waals surface area contributed by atoms with Crippen LogP contribution in [0.2, 0.25) is 0 Å². The topological polar surface area (TPSA) is 0 Å². The third-order valence-electron chi connectivity index (χ3n) is 3.39. The second kappa shape index (κ2) is 16.5. The van der Waals surface area contributed by atoms with E-state index >= 15 is 0 Å². The van der Waals surface area contributed by atoms with Crippen molar-refractivity contribution in [3.05, 3.63) is 17.9 Å². The predicted molar refractivity (Wildman–Crippen MR) is 84.0 cm³/mol. The highest BCUT2D eigenvalue weighted by Gasteiger charge is 1.88. The maximum Gasteiger partial charge on any atom is -0.0274 e. The van der Waals surface area contributed by atoms with Gasteiger partial charge in [0.15, 0.2) is 0 Å². The molecule has 0 fully saturated rings. The third-order valence-corrected chi connectivity index (χ3v) is 3.39. The summed E-state index contributed by atoms with van der Waals surface area (Å²) < 4.78 is 0. The van der Waals surface area contributed by atoms with Crippen LogP contribution in [0, 0.1) is 0 Å². The molecule has 106 valence electrons. The number of unbranched alkanes of at least 4 members (excludes halogenated alkanes) is 11. The van der Waals surface area contributed by atoms with Crippen LogP contribution < -0.4 is 0 Å². The van der Waals surface area contributed by atoms with Gasteiger partial charge in [0.25, 0.3) is 0 Å². The lowest BCUT2D eigenvalue weighted by Crippen LogP contribution is -1.77. The Bertz CT molecular complexity index is 196. The first kappa shape index (κ1) is 17.5. The molecule has 0 saturated heterocycles. The van der Waals surface area contributed by atoms with Gasteiger partial charge in [-0.25, -0.2) is 0 Å². The van der Waals surface area contributed by atoms with Crippen LogP contribution in [0.4, 0.5) is 0 Å².